The molecule has 1 N–H and O–H groups in total. The fourth-order valence-corrected chi connectivity index (χ4v) is 3.35. The molecule has 1 heterocycles. The van der Waals surface area contributed by atoms with Crippen LogP contribution in [0.3, 0.4) is 0 Å². The van der Waals surface area contributed by atoms with Crippen molar-refractivity contribution in [3.8, 4) is 0 Å². The van der Waals surface area contributed by atoms with Crippen molar-refractivity contribution in [2.45, 2.75) is 25.3 Å². The van der Waals surface area contributed by atoms with Crippen LogP contribution >= 0.6 is 11.6 Å². The van der Waals surface area contributed by atoms with Crippen LogP contribution in [0.5, 0.6) is 0 Å². The highest BCUT2D eigenvalue weighted by Gasteiger charge is 2.37. The van der Waals surface area contributed by atoms with Gasteiger partial charge in [0.1, 0.15) is 0 Å². The molecule has 1 aliphatic heterocycles. The zero-order chi connectivity index (χ0) is 12.0. The minimum Gasteiger partial charge on any atom is -0.478 e. The first-order chi connectivity index (χ1) is 8.15. The lowest BCUT2D eigenvalue weighted by Gasteiger charge is -2.29. The van der Waals surface area contributed by atoms with E-state index in [9.17, 15) is 4.79 Å². The van der Waals surface area contributed by atoms with Gasteiger partial charge in [0.15, 0.2) is 0 Å². The molecule has 17 heavy (non-hydrogen) atoms. The van der Waals surface area contributed by atoms with E-state index in [4.69, 9.17) is 16.7 Å². The third-order valence-electron chi connectivity index (χ3n) is 3.92. The second kappa shape index (κ2) is 3.91. The van der Waals surface area contributed by atoms with Crippen LogP contribution in [0.15, 0.2) is 18.2 Å². The summed E-state index contributed by atoms with van der Waals surface area (Å²) >= 11 is 6.00. The number of rotatable bonds is 2. The average Bonchev–Trinajstić information content (AvgIpc) is 2.89. The van der Waals surface area contributed by atoms with Crippen molar-refractivity contribution < 1.29 is 9.90 Å². The Morgan fingerprint density at radius 2 is 2.24 bits per heavy atom. The number of piperidine rings is 1. The molecule has 0 spiro atoms. The van der Waals surface area contributed by atoms with Gasteiger partial charge in [-0.25, -0.2) is 4.79 Å². The maximum atomic E-state index is 10.9. The van der Waals surface area contributed by atoms with Gasteiger partial charge in [0.05, 0.1) is 10.6 Å². The van der Waals surface area contributed by atoms with Crippen LogP contribution in [-0.4, -0.2) is 23.7 Å². The molecule has 1 aromatic carbocycles. The molecule has 0 radical (unpaired) electrons. The fourth-order valence-electron chi connectivity index (χ4n) is 3.10. The van der Waals surface area contributed by atoms with Crippen LogP contribution < -0.4 is 4.90 Å². The van der Waals surface area contributed by atoms with Crippen LogP contribution in [0.2, 0.25) is 5.02 Å². The van der Waals surface area contributed by atoms with Crippen molar-refractivity contribution in [1.82, 2.24) is 0 Å². The number of fused-ring (bicyclic) bond motifs is 2. The Morgan fingerprint density at radius 1 is 1.41 bits per heavy atom. The van der Waals surface area contributed by atoms with Gasteiger partial charge in [-0.05, 0) is 43.4 Å². The first kappa shape index (κ1) is 10.9. The Bertz CT molecular complexity index is 474. The zero-order valence-corrected chi connectivity index (χ0v) is 10.2. The van der Waals surface area contributed by atoms with Gasteiger partial charge in [-0.3, -0.25) is 0 Å². The van der Waals surface area contributed by atoms with Crippen LogP contribution in [0.1, 0.15) is 29.6 Å². The van der Waals surface area contributed by atoms with Gasteiger partial charge in [-0.2, -0.15) is 0 Å². The summed E-state index contributed by atoms with van der Waals surface area (Å²) in [5.74, 6) is -0.151. The smallest absolute Gasteiger partial charge is 0.337 e. The standard InChI is InChI=1S/C13H14ClNO2/c14-12-6-10(3-4-11(12)13(16)17)15-7-8-1-2-9(15)5-8/h3-4,6,8-9H,1-2,5,7H2,(H,16,17). The van der Waals surface area contributed by atoms with Crippen molar-refractivity contribution in [3.63, 3.8) is 0 Å². The predicted molar refractivity (Wildman–Crippen MR) is 66.9 cm³/mol. The molecule has 0 aromatic heterocycles. The summed E-state index contributed by atoms with van der Waals surface area (Å²) in [4.78, 5) is 13.3. The summed E-state index contributed by atoms with van der Waals surface area (Å²) in [5.41, 5.74) is 1.24. The van der Waals surface area contributed by atoms with Crippen LogP contribution in [0, 0.1) is 5.92 Å². The first-order valence-electron chi connectivity index (χ1n) is 5.94. The third-order valence-corrected chi connectivity index (χ3v) is 4.24. The number of benzene rings is 1. The van der Waals surface area contributed by atoms with Crippen molar-refractivity contribution in [1.29, 1.82) is 0 Å². The van der Waals surface area contributed by atoms with Crippen molar-refractivity contribution in [2.75, 3.05) is 11.4 Å². The van der Waals surface area contributed by atoms with E-state index in [0.717, 1.165) is 18.2 Å². The Hall–Kier alpha value is -1.22. The van der Waals surface area contributed by atoms with Gasteiger partial charge in [-0.1, -0.05) is 11.6 Å². The van der Waals surface area contributed by atoms with Gasteiger partial charge in [0.25, 0.3) is 0 Å². The molecule has 90 valence electrons. The van der Waals surface area contributed by atoms with Crippen molar-refractivity contribution >= 4 is 23.3 Å². The number of nitrogens with zero attached hydrogens (tertiary/aromatic N) is 1. The number of hydrogen-bond donors (Lipinski definition) is 1. The van der Waals surface area contributed by atoms with Gasteiger partial charge in [0, 0.05) is 18.3 Å². The fraction of sp³-hybridized carbons (Fsp3) is 0.462. The Balaban J connectivity index is 1.89. The molecule has 0 amide bonds. The number of carboxylic acid groups (broad SMARTS) is 1. The number of halogens is 1. The highest BCUT2D eigenvalue weighted by atomic mass is 35.5. The molecule has 1 aliphatic carbocycles. The molecule has 1 saturated carbocycles. The molecule has 2 bridgehead atoms. The monoisotopic (exact) mass is 251 g/mol. The molecule has 2 unspecified atom stereocenters. The molecule has 1 saturated heterocycles. The lowest BCUT2D eigenvalue weighted by atomic mass is 10.1. The molecular formula is C13H14ClNO2. The number of carboxylic acids is 1. The lowest BCUT2D eigenvalue weighted by molar-refractivity contribution is 0.0697. The van der Waals surface area contributed by atoms with Gasteiger partial charge >= 0.3 is 5.97 Å². The molecule has 3 rings (SSSR count). The van der Waals surface area contributed by atoms with Gasteiger partial charge < -0.3 is 10.0 Å². The van der Waals surface area contributed by atoms with E-state index in [2.05, 4.69) is 4.90 Å². The van der Waals surface area contributed by atoms with Crippen LogP contribution in [-0.2, 0) is 0 Å². The summed E-state index contributed by atoms with van der Waals surface area (Å²) in [6.07, 6.45) is 3.86. The number of hydrogen-bond acceptors (Lipinski definition) is 2. The van der Waals surface area contributed by atoms with Crippen molar-refractivity contribution in [3.05, 3.63) is 28.8 Å². The normalized spacial score (nSPS) is 26.5. The summed E-state index contributed by atoms with van der Waals surface area (Å²) in [6, 6.07) is 5.89. The predicted octanol–water partition coefficient (Wildman–Crippen LogP) is 3.03. The van der Waals surface area contributed by atoms with E-state index in [1.807, 2.05) is 6.07 Å². The minimum absolute atomic E-state index is 0.180. The van der Waals surface area contributed by atoms with E-state index in [1.165, 1.54) is 19.3 Å². The number of carbonyl (C=O) groups is 1. The van der Waals surface area contributed by atoms with E-state index >= 15 is 0 Å². The lowest BCUT2D eigenvalue weighted by Crippen LogP contribution is -2.31. The molecule has 2 fully saturated rings. The SMILES string of the molecule is O=C(O)c1ccc(N2CC3CCC2C3)cc1Cl. The molecule has 2 aliphatic rings. The highest BCUT2D eigenvalue weighted by Crippen LogP contribution is 2.40. The summed E-state index contributed by atoms with van der Waals surface area (Å²) in [7, 11) is 0. The largest absolute Gasteiger partial charge is 0.478 e. The molecular weight excluding hydrogens is 238 g/mol. The summed E-state index contributed by atoms with van der Waals surface area (Å²) < 4.78 is 0. The molecule has 3 nitrogen and oxygen atoms in total. The zero-order valence-electron chi connectivity index (χ0n) is 9.40. The minimum atomic E-state index is -0.968. The molecule has 2 atom stereocenters. The Kier molecular flexibility index (Phi) is 2.51. The molecule has 1 aromatic rings. The Morgan fingerprint density at radius 3 is 2.76 bits per heavy atom. The average molecular weight is 252 g/mol. The summed E-state index contributed by atoms with van der Waals surface area (Å²) in [5, 5.41) is 9.26. The topological polar surface area (TPSA) is 40.5 Å². The van der Waals surface area contributed by atoms with Gasteiger partial charge in [0.2, 0.25) is 0 Å². The number of anilines is 1. The Labute approximate surface area is 105 Å². The maximum Gasteiger partial charge on any atom is 0.337 e. The van der Waals surface area contributed by atoms with E-state index < -0.39 is 5.97 Å². The quantitative estimate of drug-likeness (QED) is 0.878. The van der Waals surface area contributed by atoms with E-state index in [-0.39, 0.29) is 5.56 Å². The number of aromatic carboxylic acids is 1. The van der Waals surface area contributed by atoms with Crippen molar-refractivity contribution in [2.24, 2.45) is 5.92 Å². The highest BCUT2D eigenvalue weighted by molar-refractivity contribution is 6.33. The van der Waals surface area contributed by atoms with Crippen LogP contribution in [0.25, 0.3) is 0 Å². The van der Waals surface area contributed by atoms with Crippen LogP contribution in [0.4, 0.5) is 5.69 Å². The first-order valence-corrected chi connectivity index (χ1v) is 6.32. The molecule has 4 heteroatoms. The van der Waals surface area contributed by atoms with Gasteiger partial charge in [-0.15, -0.1) is 0 Å². The third kappa shape index (κ3) is 1.78. The summed E-state index contributed by atoms with van der Waals surface area (Å²) in [6.45, 7) is 1.09. The second-order valence-electron chi connectivity index (χ2n) is 4.95. The van der Waals surface area contributed by atoms with E-state index in [1.54, 1.807) is 12.1 Å². The van der Waals surface area contributed by atoms with E-state index in [0.29, 0.717) is 11.1 Å². The maximum absolute atomic E-state index is 10.9. The second-order valence-corrected chi connectivity index (χ2v) is 5.36.